The molecule has 3 aromatic rings. The molecular weight excluding hydrogens is 311 g/mol. The van der Waals surface area contributed by atoms with Gasteiger partial charge in [0.1, 0.15) is 12.4 Å². The molecule has 106 valence electrons. The third-order valence-electron chi connectivity index (χ3n) is 3.12. The maximum atomic E-state index is 11.1. The summed E-state index contributed by atoms with van der Waals surface area (Å²) in [5, 5.41) is 10.1. The van der Waals surface area contributed by atoms with Crippen molar-refractivity contribution in [3.05, 3.63) is 52.5 Å². The number of halogens is 2. The van der Waals surface area contributed by atoms with Crippen molar-refractivity contribution in [2.75, 3.05) is 0 Å². The van der Waals surface area contributed by atoms with E-state index in [-0.39, 0.29) is 6.54 Å². The molecule has 6 heteroatoms. The molecule has 1 N–H and O–H groups in total. The summed E-state index contributed by atoms with van der Waals surface area (Å²) in [4.78, 5) is 15.6. The van der Waals surface area contributed by atoms with Gasteiger partial charge in [-0.15, -0.1) is 0 Å². The van der Waals surface area contributed by atoms with Crippen LogP contribution in [-0.4, -0.2) is 20.6 Å². The van der Waals surface area contributed by atoms with Crippen LogP contribution in [0.25, 0.3) is 22.4 Å². The highest BCUT2D eigenvalue weighted by atomic mass is 35.5. The lowest BCUT2D eigenvalue weighted by Gasteiger charge is -2.08. The van der Waals surface area contributed by atoms with Crippen molar-refractivity contribution in [1.82, 2.24) is 9.55 Å². The second-order valence-corrected chi connectivity index (χ2v) is 5.37. The molecule has 0 bridgehead atoms. The number of nitrogens with zero attached hydrogens (tertiary/aromatic N) is 2. The van der Waals surface area contributed by atoms with E-state index in [2.05, 4.69) is 4.98 Å². The van der Waals surface area contributed by atoms with Gasteiger partial charge in [0.2, 0.25) is 0 Å². The number of hydrogen-bond donors (Lipinski definition) is 1. The van der Waals surface area contributed by atoms with E-state index in [4.69, 9.17) is 28.3 Å². The molecule has 0 aliphatic carbocycles. The van der Waals surface area contributed by atoms with Gasteiger partial charge in [0.25, 0.3) is 0 Å². The third-order valence-corrected chi connectivity index (χ3v) is 3.67. The summed E-state index contributed by atoms with van der Waals surface area (Å²) in [5.74, 6) is -0.426. The summed E-state index contributed by atoms with van der Waals surface area (Å²) in [7, 11) is 0. The standard InChI is InChI=1S/C15H10Cl2N2O2/c16-9-5-6-10(11(17)7-9)15-18-12-3-1-2-4-13(12)19(15)8-14(20)21/h1-7H,8H2,(H,20,21). The highest BCUT2D eigenvalue weighted by Crippen LogP contribution is 2.32. The first-order chi connectivity index (χ1) is 10.1. The Hall–Kier alpha value is -2.04. The van der Waals surface area contributed by atoms with Crippen LogP contribution in [0.15, 0.2) is 42.5 Å². The van der Waals surface area contributed by atoms with Gasteiger partial charge in [0.05, 0.1) is 16.1 Å². The third kappa shape index (κ3) is 2.60. The Balaban J connectivity index is 2.28. The zero-order valence-corrected chi connectivity index (χ0v) is 12.3. The summed E-state index contributed by atoms with van der Waals surface area (Å²) >= 11 is 12.1. The maximum Gasteiger partial charge on any atom is 0.323 e. The predicted molar refractivity (Wildman–Crippen MR) is 82.8 cm³/mol. The maximum absolute atomic E-state index is 11.1. The van der Waals surface area contributed by atoms with Crippen molar-refractivity contribution in [1.29, 1.82) is 0 Å². The minimum absolute atomic E-state index is 0.186. The Morgan fingerprint density at radius 3 is 2.67 bits per heavy atom. The summed E-state index contributed by atoms with van der Waals surface area (Å²) in [6.45, 7) is -0.186. The van der Waals surface area contributed by atoms with E-state index in [0.717, 1.165) is 11.0 Å². The molecular formula is C15H10Cl2N2O2. The molecule has 0 fully saturated rings. The number of carboxylic acids is 1. The first kappa shape index (κ1) is 13.9. The molecule has 0 radical (unpaired) electrons. The van der Waals surface area contributed by atoms with Gasteiger partial charge in [-0.05, 0) is 30.3 Å². The molecule has 0 saturated carbocycles. The summed E-state index contributed by atoms with van der Waals surface area (Å²) in [6.07, 6.45) is 0. The van der Waals surface area contributed by atoms with E-state index in [1.165, 1.54) is 0 Å². The van der Waals surface area contributed by atoms with E-state index < -0.39 is 5.97 Å². The quantitative estimate of drug-likeness (QED) is 0.790. The van der Waals surface area contributed by atoms with Crippen LogP contribution in [0.5, 0.6) is 0 Å². The molecule has 2 aromatic carbocycles. The first-order valence-corrected chi connectivity index (χ1v) is 6.94. The fourth-order valence-electron chi connectivity index (χ4n) is 2.25. The SMILES string of the molecule is O=C(O)Cn1c(-c2ccc(Cl)cc2Cl)nc2ccccc21. The molecule has 4 nitrogen and oxygen atoms in total. The molecule has 0 aliphatic rings. The summed E-state index contributed by atoms with van der Waals surface area (Å²) in [5.41, 5.74) is 2.12. The Bertz CT molecular complexity index is 843. The van der Waals surface area contributed by atoms with Crippen LogP contribution in [0.2, 0.25) is 10.0 Å². The zero-order chi connectivity index (χ0) is 15.0. The lowest BCUT2D eigenvalue weighted by molar-refractivity contribution is -0.137. The second-order valence-electron chi connectivity index (χ2n) is 4.53. The fraction of sp³-hybridized carbons (Fsp3) is 0.0667. The number of fused-ring (bicyclic) bond motifs is 1. The Labute approximate surface area is 130 Å². The van der Waals surface area contributed by atoms with Gasteiger partial charge in [-0.3, -0.25) is 4.79 Å². The van der Waals surface area contributed by atoms with Crippen LogP contribution in [0, 0.1) is 0 Å². The van der Waals surface area contributed by atoms with Crippen LogP contribution in [0.1, 0.15) is 0 Å². The Morgan fingerprint density at radius 1 is 1.19 bits per heavy atom. The first-order valence-electron chi connectivity index (χ1n) is 6.19. The van der Waals surface area contributed by atoms with Gasteiger partial charge < -0.3 is 9.67 Å². The Kier molecular flexibility index (Phi) is 3.57. The Morgan fingerprint density at radius 2 is 1.95 bits per heavy atom. The fourth-order valence-corrected chi connectivity index (χ4v) is 2.74. The highest BCUT2D eigenvalue weighted by molar-refractivity contribution is 6.36. The number of aromatic nitrogens is 2. The van der Waals surface area contributed by atoms with Gasteiger partial charge in [0.15, 0.2) is 0 Å². The van der Waals surface area contributed by atoms with Gasteiger partial charge >= 0.3 is 5.97 Å². The molecule has 1 aromatic heterocycles. The van der Waals surface area contributed by atoms with Crippen molar-refractivity contribution in [2.24, 2.45) is 0 Å². The van der Waals surface area contributed by atoms with Crippen molar-refractivity contribution < 1.29 is 9.90 Å². The molecule has 0 atom stereocenters. The van der Waals surface area contributed by atoms with Gasteiger partial charge in [-0.2, -0.15) is 0 Å². The number of rotatable bonds is 3. The van der Waals surface area contributed by atoms with E-state index in [0.29, 0.717) is 21.4 Å². The topological polar surface area (TPSA) is 55.1 Å². The average Bonchev–Trinajstić information content (AvgIpc) is 2.77. The molecule has 0 aliphatic heterocycles. The van der Waals surface area contributed by atoms with Gasteiger partial charge in [-0.25, -0.2) is 4.98 Å². The lowest BCUT2D eigenvalue weighted by Crippen LogP contribution is -2.10. The van der Waals surface area contributed by atoms with E-state index in [1.54, 1.807) is 22.8 Å². The van der Waals surface area contributed by atoms with Crippen LogP contribution in [0.3, 0.4) is 0 Å². The molecule has 21 heavy (non-hydrogen) atoms. The average molecular weight is 321 g/mol. The minimum Gasteiger partial charge on any atom is -0.480 e. The van der Waals surface area contributed by atoms with E-state index >= 15 is 0 Å². The molecule has 3 rings (SSSR count). The highest BCUT2D eigenvalue weighted by Gasteiger charge is 2.16. The predicted octanol–water partition coefficient (Wildman–Crippen LogP) is 4.09. The second kappa shape index (κ2) is 5.39. The minimum atomic E-state index is -0.940. The van der Waals surface area contributed by atoms with Crippen molar-refractivity contribution in [2.45, 2.75) is 6.54 Å². The number of para-hydroxylation sites is 2. The number of carboxylic acid groups (broad SMARTS) is 1. The van der Waals surface area contributed by atoms with E-state index in [1.807, 2.05) is 24.3 Å². The normalized spacial score (nSPS) is 11.0. The molecule has 1 heterocycles. The van der Waals surface area contributed by atoms with Crippen LogP contribution < -0.4 is 0 Å². The zero-order valence-electron chi connectivity index (χ0n) is 10.8. The molecule has 0 unspecified atom stereocenters. The van der Waals surface area contributed by atoms with Crippen molar-refractivity contribution in [3.8, 4) is 11.4 Å². The largest absolute Gasteiger partial charge is 0.480 e. The number of benzene rings is 2. The lowest BCUT2D eigenvalue weighted by atomic mass is 10.2. The van der Waals surface area contributed by atoms with Gasteiger partial charge in [0, 0.05) is 10.6 Å². The number of imidazole rings is 1. The van der Waals surface area contributed by atoms with Crippen molar-refractivity contribution in [3.63, 3.8) is 0 Å². The summed E-state index contributed by atoms with van der Waals surface area (Å²) in [6, 6.07) is 12.4. The molecule has 0 amide bonds. The number of hydrogen-bond acceptors (Lipinski definition) is 2. The molecule has 0 saturated heterocycles. The van der Waals surface area contributed by atoms with Crippen molar-refractivity contribution >= 4 is 40.2 Å². The number of aliphatic carboxylic acids is 1. The van der Waals surface area contributed by atoms with E-state index in [9.17, 15) is 4.79 Å². The van der Waals surface area contributed by atoms with Crippen LogP contribution in [0.4, 0.5) is 0 Å². The number of carbonyl (C=O) groups is 1. The van der Waals surface area contributed by atoms with Crippen LogP contribution >= 0.6 is 23.2 Å². The summed E-state index contributed by atoms with van der Waals surface area (Å²) < 4.78 is 1.63. The molecule has 0 spiro atoms. The monoisotopic (exact) mass is 320 g/mol. The smallest absolute Gasteiger partial charge is 0.323 e. The van der Waals surface area contributed by atoms with Crippen LogP contribution in [-0.2, 0) is 11.3 Å². The van der Waals surface area contributed by atoms with Gasteiger partial charge in [-0.1, -0.05) is 35.3 Å².